The fraction of sp³-hybridized carbons (Fsp3) is 0.400. The van der Waals surface area contributed by atoms with E-state index in [1.54, 1.807) is 11.1 Å². The summed E-state index contributed by atoms with van der Waals surface area (Å²) in [6.07, 6.45) is 3.21. The molecule has 26 heavy (non-hydrogen) atoms. The van der Waals surface area contributed by atoms with Crippen molar-refractivity contribution >= 4 is 17.7 Å². The maximum absolute atomic E-state index is 11.7. The Bertz CT molecular complexity index is 701. The molecule has 1 aliphatic heterocycles. The molecule has 5 nitrogen and oxygen atoms in total. The highest BCUT2D eigenvalue weighted by atomic mass is 35.5. The van der Waals surface area contributed by atoms with Crippen molar-refractivity contribution in [3.63, 3.8) is 0 Å². The van der Waals surface area contributed by atoms with Crippen molar-refractivity contribution in [1.29, 1.82) is 0 Å². The van der Waals surface area contributed by atoms with Gasteiger partial charge in [-0.3, -0.25) is 4.98 Å². The van der Waals surface area contributed by atoms with Crippen LogP contribution in [0.2, 0.25) is 0 Å². The van der Waals surface area contributed by atoms with Crippen LogP contribution in [0.5, 0.6) is 5.75 Å². The van der Waals surface area contributed by atoms with E-state index in [4.69, 9.17) is 21.1 Å². The number of alkyl halides is 1. The number of rotatable bonds is 5. The van der Waals surface area contributed by atoms with Crippen LogP contribution in [0.3, 0.4) is 0 Å². The summed E-state index contributed by atoms with van der Waals surface area (Å²) >= 11 is 6.49. The van der Waals surface area contributed by atoms with Gasteiger partial charge < -0.3 is 14.4 Å². The fourth-order valence-corrected chi connectivity index (χ4v) is 3.25. The van der Waals surface area contributed by atoms with E-state index < -0.39 is 0 Å². The first-order valence-electron chi connectivity index (χ1n) is 8.90. The molecule has 1 aromatic carbocycles. The van der Waals surface area contributed by atoms with Crippen LogP contribution in [0.4, 0.5) is 4.79 Å². The Balaban J connectivity index is 1.53. The summed E-state index contributed by atoms with van der Waals surface area (Å²) in [6.45, 7) is 3.54. The maximum Gasteiger partial charge on any atom is 0.409 e. The van der Waals surface area contributed by atoms with Gasteiger partial charge in [0.1, 0.15) is 17.2 Å². The number of carbonyl (C=O) groups excluding carboxylic acids is 1. The molecule has 0 bridgehead atoms. The lowest BCUT2D eigenvalue weighted by Crippen LogP contribution is -2.42. The highest BCUT2D eigenvalue weighted by Crippen LogP contribution is 2.29. The Morgan fingerprint density at radius 2 is 1.96 bits per heavy atom. The van der Waals surface area contributed by atoms with Gasteiger partial charge in [0.2, 0.25) is 0 Å². The minimum atomic E-state index is -0.280. The molecule has 3 rings (SSSR count). The number of carbonyl (C=O) groups is 1. The summed E-state index contributed by atoms with van der Waals surface area (Å²) in [4.78, 5) is 17.8. The lowest BCUT2D eigenvalue weighted by atomic mass is 10.1. The summed E-state index contributed by atoms with van der Waals surface area (Å²) in [5.74, 6) is 0.813. The molecule has 0 radical (unpaired) electrons. The fourth-order valence-electron chi connectivity index (χ4n) is 2.98. The minimum Gasteiger partial charge on any atom is -0.490 e. The molecule has 2 heterocycles. The predicted molar refractivity (Wildman–Crippen MR) is 101 cm³/mol. The molecule has 0 aliphatic carbocycles. The van der Waals surface area contributed by atoms with Crippen LogP contribution < -0.4 is 4.74 Å². The maximum atomic E-state index is 11.7. The average Bonchev–Trinajstić information content (AvgIpc) is 2.69. The van der Waals surface area contributed by atoms with Gasteiger partial charge in [0, 0.05) is 32.1 Å². The van der Waals surface area contributed by atoms with E-state index in [2.05, 4.69) is 4.98 Å². The largest absolute Gasteiger partial charge is 0.490 e. The number of hydrogen-bond donors (Lipinski definition) is 0. The first-order chi connectivity index (χ1) is 12.7. The molecular formula is C20H23ClN2O3. The van der Waals surface area contributed by atoms with Crippen LogP contribution in [-0.4, -0.2) is 41.8 Å². The summed E-state index contributed by atoms with van der Waals surface area (Å²) in [5, 5.41) is -0.280. The molecule has 2 aromatic rings. The Morgan fingerprint density at radius 1 is 1.23 bits per heavy atom. The Hall–Kier alpha value is -2.27. The first-order valence-corrected chi connectivity index (χ1v) is 9.34. The molecule has 6 heteroatoms. The molecule has 0 saturated carbocycles. The molecule has 1 unspecified atom stereocenters. The minimum absolute atomic E-state index is 0.106. The van der Waals surface area contributed by atoms with Gasteiger partial charge in [0.25, 0.3) is 0 Å². The van der Waals surface area contributed by atoms with Gasteiger partial charge in [0.15, 0.2) is 0 Å². The molecule has 1 aromatic heterocycles. The molecule has 138 valence electrons. The van der Waals surface area contributed by atoms with Gasteiger partial charge in [0.05, 0.1) is 12.3 Å². The van der Waals surface area contributed by atoms with Crippen molar-refractivity contribution in [2.24, 2.45) is 0 Å². The number of aromatic nitrogens is 1. The molecule has 0 spiro atoms. The number of amides is 1. The monoisotopic (exact) mass is 374 g/mol. The zero-order chi connectivity index (χ0) is 18.4. The molecule has 1 atom stereocenters. The summed E-state index contributed by atoms with van der Waals surface area (Å²) in [5.41, 5.74) is 1.81. The van der Waals surface area contributed by atoms with Crippen molar-refractivity contribution in [3.8, 4) is 5.75 Å². The lowest BCUT2D eigenvalue weighted by Gasteiger charge is -2.31. The molecule has 1 saturated heterocycles. The zero-order valence-corrected chi connectivity index (χ0v) is 15.6. The number of benzene rings is 1. The number of piperidine rings is 1. The van der Waals surface area contributed by atoms with Crippen molar-refractivity contribution in [1.82, 2.24) is 9.88 Å². The Kier molecular flexibility index (Phi) is 6.34. The van der Waals surface area contributed by atoms with Crippen LogP contribution in [0.25, 0.3) is 0 Å². The van der Waals surface area contributed by atoms with E-state index >= 15 is 0 Å². The predicted octanol–water partition coefficient (Wildman–Crippen LogP) is 4.41. The van der Waals surface area contributed by atoms with E-state index in [0.717, 1.165) is 29.8 Å². The summed E-state index contributed by atoms with van der Waals surface area (Å²) in [6, 6.07) is 13.5. The quantitative estimate of drug-likeness (QED) is 0.727. The van der Waals surface area contributed by atoms with Crippen LogP contribution >= 0.6 is 11.6 Å². The second-order valence-electron chi connectivity index (χ2n) is 6.19. The third-order valence-electron chi connectivity index (χ3n) is 4.39. The van der Waals surface area contributed by atoms with Gasteiger partial charge in [-0.2, -0.15) is 0 Å². The van der Waals surface area contributed by atoms with Crippen molar-refractivity contribution in [3.05, 3.63) is 59.9 Å². The normalized spacial score (nSPS) is 16.2. The third kappa shape index (κ3) is 4.67. The zero-order valence-electron chi connectivity index (χ0n) is 14.8. The summed E-state index contributed by atoms with van der Waals surface area (Å²) < 4.78 is 11.1. The smallest absolute Gasteiger partial charge is 0.409 e. The van der Waals surface area contributed by atoms with Crippen molar-refractivity contribution in [2.45, 2.75) is 31.2 Å². The first kappa shape index (κ1) is 18.5. The second-order valence-corrected chi connectivity index (χ2v) is 6.63. The van der Waals surface area contributed by atoms with Crippen LogP contribution in [0.15, 0.2) is 48.7 Å². The number of nitrogens with zero attached hydrogens (tertiary/aromatic N) is 2. The lowest BCUT2D eigenvalue weighted by molar-refractivity contribution is 0.0703. The SMILES string of the molecule is CCOC(=O)N1CCC(Oc2ccc(C(Cl)c3ccccn3)cc2)CC1. The molecular weight excluding hydrogens is 352 g/mol. The van der Waals surface area contributed by atoms with E-state index in [-0.39, 0.29) is 17.6 Å². The van der Waals surface area contributed by atoms with Crippen molar-refractivity contribution in [2.75, 3.05) is 19.7 Å². The Labute approximate surface area is 158 Å². The highest BCUT2D eigenvalue weighted by Gasteiger charge is 2.24. The molecule has 1 amide bonds. The average molecular weight is 375 g/mol. The van der Waals surface area contributed by atoms with Crippen LogP contribution in [0.1, 0.15) is 36.4 Å². The highest BCUT2D eigenvalue weighted by molar-refractivity contribution is 6.22. The standard InChI is InChI=1S/C20H23ClN2O3/c1-2-25-20(24)23-13-10-17(11-14-23)26-16-8-6-15(7-9-16)19(21)18-5-3-4-12-22-18/h3-9,12,17,19H,2,10-11,13-14H2,1H3. The van der Waals surface area contributed by atoms with E-state index in [9.17, 15) is 4.79 Å². The summed E-state index contributed by atoms with van der Waals surface area (Å²) in [7, 11) is 0. The second kappa shape index (κ2) is 8.90. The van der Waals surface area contributed by atoms with Crippen molar-refractivity contribution < 1.29 is 14.3 Å². The number of ether oxygens (including phenoxy) is 2. The molecule has 1 fully saturated rings. The van der Waals surface area contributed by atoms with Gasteiger partial charge in [-0.25, -0.2) is 4.79 Å². The number of halogens is 1. The Morgan fingerprint density at radius 3 is 2.58 bits per heavy atom. The van der Waals surface area contributed by atoms with Gasteiger partial charge >= 0.3 is 6.09 Å². The van der Waals surface area contributed by atoms with E-state index in [1.807, 2.05) is 49.4 Å². The van der Waals surface area contributed by atoms with E-state index in [0.29, 0.717) is 19.7 Å². The van der Waals surface area contributed by atoms with Gasteiger partial charge in [-0.05, 0) is 36.8 Å². The van der Waals surface area contributed by atoms with Gasteiger partial charge in [-0.1, -0.05) is 18.2 Å². The molecule has 0 N–H and O–H groups in total. The topological polar surface area (TPSA) is 51.7 Å². The third-order valence-corrected chi connectivity index (χ3v) is 4.87. The molecule has 1 aliphatic rings. The van der Waals surface area contributed by atoms with Crippen LogP contribution in [-0.2, 0) is 4.74 Å². The number of hydrogen-bond acceptors (Lipinski definition) is 4. The number of likely N-dealkylation sites (tertiary alicyclic amines) is 1. The van der Waals surface area contributed by atoms with Gasteiger partial charge in [-0.15, -0.1) is 11.6 Å². The number of pyridine rings is 1. The van der Waals surface area contributed by atoms with Crippen LogP contribution in [0, 0.1) is 0 Å². The van der Waals surface area contributed by atoms with E-state index in [1.165, 1.54) is 0 Å².